The van der Waals surface area contributed by atoms with Crippen molar-refractivity contribution in [3.8, 4) is 0 Å². The lowest BCUT2D eigenvalue weighted by atomic mass is 10.3. The van der Waals surface area contributed by atoms with Crippen molar-refractivity contribution in [3.63, 3.8) is 0 Å². The van der Waals surface area contributed by atoms with E-state index in [1.165, 1.54) is 11.9 Å². The summed E-state index contributed by atoms with van der Waals surface area (Å²) in [5, 5.41) is 5.67. The van der Waals surface area contributed by atoms with Gasteiger partial charge in [-0.3, -0.25) is 5.14 Å². The van der Waals surface area contributed by atoms with E-state index in [2.05, 4.69) is 34.6 Å². The van der Waals surface area contributed by atoms with Gasteiger partial charge in [0.2, 0.25) is 0 Å². The molecular weight excluding hydrogens is 130 g/mol. The van der Waals surface area contributed by atoms with Crippen molar-refractivity contribution in [2.75, 3.05) is 0 Å². The standard InChI is InChI=1S/C4H10.C3H9NS/c1-4(2)3;1-3(2)5-4/h4H,1-3H3;3H,4H2,1-2H3. The van der Waals surface area contributed by atoms with Gasteiger partial charge in [-0.15, -0.1) is 0 Å². The molecule has 0 aromatic heterocycles. The maximum Gasteiger partial charge on any atom is 0.0134 e. The molecule has 0 heterocycles. The quantitative estimate of drug-likeness (QED) is 0.580. The van der Waals surface area contributed by atoms with Crippen LogP contribution in [0.2, 0.25) is 0 Å². The second-order valence-corrected chi connectivity index (χ2v) is 4.13. The van der Waals surface area contributed by atoms with Crippen LogP contribution >= 0.6 is 11.9 Å². The molecule has 2 heteroatoms. The van der Waals surface area contributed by atoms with Gasteiger partial charge in [0.15, 0.2) is 0 Å². The molecule has 9 heavy (non-hydrogen) atoms. The van der Waals surface area contributed by atoms with Crippen LogP contribution in [-0.4, -0.2) is 5.25 Å². The van der Waals surface area contributed by atoms with Crippen LogP contribution in [0.15, 0.2) is 0 Å². The van der Waals surface area contributed by atoms with Gasteiger partial charge in [-0.1, -0.05) is 46.6 Å². The van der Waals surface area contributed by atoms with E-state index < -0.39 is 0 Å². The van der Waals surface area contributed by atoms with Crippen LogP contribution in [-0.2, 0) is 0 Å². The molecule has 0 saturated heterocycles. The maximum atomic E-state index is 5.09. The van der Waals surface area contributed by atoms with Gasteiger partial charge in [0.05, 0.1) is 0 Å². The summed E-state index contributed by atoms with van der Waals surface area (Å²) in [6.07, 6.45) is 0. The van der Waals surface area contributed by atoms with E-state index >= 15 is 0 Å². The van der Waals surface area contributed by atoms with Gasteiger partial charge >= 0.3 is 0 Å². The first-order valence-corrected chi connectivity index (χ1v) is 4.30. The Bertz CT molecular complexity index is 41.4. The second kappa shape index (κ2) is 8.31. The fourth-order valence-electron chi connectivity index (χ4n) is 0. The first kappa shape index (κ1) is 12.0. The van der Waals surface area contributed by atoms with Crippen molar-refractivity contribution in [1.29, 1.82) is 0 Å². The van der Waals surface area contributed by atoms with Crippen molar-refractivity contribution in [2.45, 2.75) is 39.9 Å². The third-order valence-corrected chi connectivity index (χ3v) is 0.816. The molecule has 0 fully saturated rings. The highest BCUT2D eigenvalue weighted by Crippen LogP contribution is 1.95. The van der Waals surface area contributed by atoms with Crippen molar-refractivity contribution >= 4 is 11.9 Å². The minimum absolute atomic E-state index is 0.579. The number of hydrogen-bond acceptors (Lipinski definition) is 2. The van der Waals surface area contributed by atoms with E-state index in [0.717, 1.165) is 5.92 Å². The average molecular weight is 149 g/mol. The van der Waals surface area contributed by atoms with Crippen LogP contribution in [0, 0.1) is 5.92 Å². The van der Waals surface area contributed by atoms with Crippen LogP contribution in [0.1, 0.15) is 34.6 Å². The predicted molar refractivity (Wildman–Crippen MR) is 47.4 cm³/mol. The third kappa shape index (κ3) is 62.0. The summed E-state index contributed by atoms with van der Waals surface area (Å²) in [6.45, 7) is 10.6. The Morgan fingerprint density at radius 2 is 1.11 bits per heavy atom. The minimum atomic E-state index is 0.579. The van der Waals surface area contributed by atoms with Gasteiger partial charge in [-0.2, -0.15) is 0 Å². The molecule has 0 unspecified atom stereocenters. The summed E-state index contributed by atoms with van der Waals surface area (Å²) in [5.74, 6) is 0.833. The Morgan fingerprint density at radius 3 is 1.11 bits per heavy atom. The van der Waals surface area contributed by atoms with E-state index in [0.29, 0.717) is 5.25 Å². The lowest BCUT2D eigenvalue weighted by molar-refractivity contribution is 0.737. The zero-order chi connectivity index (χ0) is 7.86. The van der Waals surface area contributed by atoms with Gasteiger partial charge < -0.3 is 0 Å². The molecule has 0 aliphatic rings. The van der Waals surface area contributed by atoms with E-state index in [-0.39, 0.29) is 0 Å². The largest absolute Gasteiger partial charge is 0.278 e. The maximum absolute atomic E-state index is 5.09. The van der Waals surface area contributed by atoms with Crippen molar-refractivity contribution in [2.24, 2.45) is 11.1 Å². The van der Waals surface area contributed by atoms with Gasteiger partial charge in [0.1, 0.15) is 0 Å². The van der Waals surface area contributed by atoms with Gasteiger partial charge in [0, 0.05) is 5.25 Å². The fraction of sp³-hybridized carbons (Fsp3) is 1.00. The second-order valence-electron chi connectivity index (χ2n) is 2.92. The minimum Gasteiger partial charge on any atom is -0.278 e. The number of hydrogen-bond donors (Lipinski definition) is 1. The Labute approximate surface area is 63.5 Å². The predicted octanol–water partition coefficient (Wildman–Crippen LogP) is 2.66. The Kier molecular flexibility index (Phi) is 11.1. The van der Waals surface area contributed by atoms with Crippen LogP contribution < -0.4 is 5.14 Å². The smallest absolute Gasteiger partial charge is 0.0134 e. The monoisotopic (exact) mass is 149 g/mol. The summed E-state index contributed by atoms with van der Waals surface area (Å²) >= 11 is 1.38. The molecule has 0 aromatic carbocycles. The molecule has 1 nitrogen and oxygen atoms in total. The van der Waals surface area contributed by atoms with Crippen LogP contribution in [0.25, 0.3) is 0 Å². The highest BCUT2D eigenvalue weighted by Gasteiger charge is 1.80. The van der Waals surface area contributed by atoms with E-state index in [9.17, 15) is 0 Å². The molecule has 0 saturated carbocycles. The Morgan fingerprint density at radius 1 is 1.00 bits per heavy atom. The lowest BCUT2D eigenvalue weighted by Gasteiger charge is -1.90. The van der Waals surface area contributed by atoms with Crippen LogP contribution in [0.3, 0.4) is 0 Å². The number of rotatable bonds is 1. The molecule has 2 N–H and O–H groups in total. The highest BCUT2D eigenvalue weighted by molar-refractivity contribution is 7.97. The molecule has 0 aromatic rings. The van der Waals surface area contributed by atoms with Gasteiger partial charge in [0.25, 0.3) is 0 Å². The van der Waals surface area contributed by atoms with Crippen LogP contribution in [0.5, 0.6) is 0 Å². The summed E-state index contributed by atoms with van der Waals surface area (Å²) in [4.78, 5) is 0. The zero-order valence-electron chi connectivity index (χ0n) is 7.14. The summed E-state index contributed by atoms with van der Waals surface area (Å²) in [6, 6.07) is 0. The van der Waals surface area contributed by atoms with E-state index in [1.807, 2.05) is 0 Å². The van der Waals surface area contributed by atoms with Gasteiger partial charge in [-0.05, 0) is 5.92 Å². The highest BCUT2D eigenvalue weighted by atomic mass is 32.2. The number of nitrogens with two attached hydrogens (primary N) is 1. The molecule has 0 bridgehead atoms. The normalized spacial score (nSPS) is 9.33. The van der Waals surface area contributed by atoms with Crippen molar-refractivity contribution in [3.05, 3.63) is 0 Å². The molecule has 0 atom stereocenters. The fourth-order valence-corrected chi connectivity index (χ4v) is 0. The molecule has 0 radical (unpaired) electrons. The summed E-state index contributed by atoms with van der Waals surface area (Å²) in [7, 11) is 0. The Balaban J connectivity index is 0. The topological polar surface area (TPSA) is 26.0 Å². The molecule has 0 aliphatic heterocycles. The lowest BCUT2D eigenvalue weighted by Crippen LogP contribution is -1.90. The van der Waals surface area contributed by atoms with Crippen LogP contribution in [0.4, 0.5) is 0 Å². The molecule has 0 rings (SSSR count). The molecule has 58 valence electrons. The van der Waals surface area contributed by atoms with Crippen molar-refractivity contribution in [1.82, 2.24) is 0 Å². The van der Waals surface area contributed by atoms with E-state index in [4.69, 9.17) is 5.14 Å². The van der Waals surface area contributed by atoms with Crippen molar-refractivity contribution < 1.29 is 0 Å². The molecule has 0 spiro atoms. The third-order valence-electron chi connectivity index (χ3n) is 0.272. The molecular formula is C7H19NS. The zero-order valence-corrected chi connectivity index (χ0v) is 7.96. The Hall–Kier alpha value is 0.310. The summed E-state index contributed by atoms with van der Waals surface area (Å²) in [5.41, 5.74) is 0. The molecule has 0 aliphatic carbocycles. The average Bonchev–Trinajstić information content (AvgIpc) is 1.65. The first-order chi connectivity index (χ1) is 4.00. The SMILES string of the molecule is CC(C)C.CC(C)SN. The van der Waals surface area contributed by atoms with E-state index in [1.54, 1.807) is 0 Å². The molecule has 0 amide bonds. The van der Waals surface area contributed by atoms with Gasteiger partial charge in [-0.25, -0.2) is 0 Å². The first-order valence-electron chi connectivity index (χ1n) is 3.36. The summed E-state index contributed by atoms with van der Waals surface area (Å²) < 4.78 is 0.